The van der Waals surface area contributed by atoms with Crippen LogP contribution in [0.1, 0.15) is 35.3 Å². The average molecular weight is 537 g/mol. The summed E-state index contributed by atoms with van der Waals surface area (Å²) in [5.41, 5.74) is 3.15. The van der Waals surface area contributed by atoms with E-state index < -0.39 is 30.0 Å². The van der Waals surface area contributed by atoms with Gasteiger partial charge in [-0.25, -0.2) is 4.98 Å². The van der Waals surface area contributed by atoms with Crippen molar-refractivity contribution in [1.29, 1.82) is 0 Å². The second kappa shape index (κ2) is 9.04. The first-order valence-electron chi connectivity index (χ1n) is 12.2. The number of ether oxygens (including phenoxy) is 2. The van der Waals surface area contributed by atoms with Crippen molar-refractivity contribution in [2.75, 3.05) is 18.1 Å². The van der Waals surface area contributed by atoms with Gasteiger partial charge in [-0.1, -0.05) is 30.3 Å². The number of carboxylic acids is 1. The van der Waals surface area contributed by atoms with Crippen LogP contribution in [0.25, 0.3) is 16.7 Å². The van der Waals surface area contributed by atoms with Crippen LogP contribution < -0.4 is 14.4 Å². The molecule has 6 rings (SSSR count). The summed E-state index contributed by atoms with van der Waals surface area (Å²) in [5.74, 6) is -2.18. The summed E-state index contributed by atoms with van der Waals surface area (Å²) in [5, 5.41) is 9.15. The van der Waals surface area contributed by atoms with Crippen LogP contribution in [0, 0.1) is 6.92 Å². The fourth-order valence-electron chi connectivity index (χ4n) is 5.42. The molecule has 4 aromatic rings. The van der Waals surface area contributed by atoms with Gasteiger partial charge in [-0.3, -0.25) is 19.1 Å². The quantitative estimate of drug-likeness (QED) is 0.371. The van der Waals surface area contributed by atoms with Crippen molar-refractivity contribution < 1.29 is 37.3 Å². The van der Waals surface area contributed by atoms with E-state index in [1.165, 1.54) is 18.2 Å². The Morgan fingerprint density at radius 2 is 1.85 bits per heavy atom. The Hall–Kier alpha value is -4.54. The number of aliphatic carboxylic acids is 1. The van der Waals surface area contributed by atoms with Gasteiger partial charge in [0.1, 0.15) is 23.9 Å². The molecule has 0 spiro atoms. The topological polar surface area (TPSA) is 93.9 Å². The highest BCUT2D eigenvalue weighted by Crippen LogP contribution is 2.46. The lowest BCUT2D eigenvalue weighted by Crippen LogP contribution is -2.44. The summed E-state index contributed by atoms with van der Waals surface area (Å²) in [6.45, 7) is 1.72. The molecule has 2 aliphatic heterocycles. The normalized spacial score (nSPS) is 17.8. The SMILES string of the molecule is Cc1nc2ccccc2n1-c1cccc2c1OC[C@@H]2N(C(=O)C(F)(F)F)c1ccc2c(c1)OC[C@H]2CC(=O)O. The summed E-state index contributed by atoms with van der Waals surface area (Å²) in [6, 6.07) is 15.8. The minimum atomic E-state index is -5.15. The second-order valence-corrected chi connectivity index (χ2v) is 9.51. The number of benzene rings is 3. The van der Waals surface area contributed by atoms with Crippen LogP contribution in [0.3, 0.4) is 0 Å². The zero-order valence-corrected chi connectivity index (χ0v) is 20.6. The van der Waals surface area contributed by atoms with E-state index in [0.717, 1.165) is 11.0 Å². The van der Waals surface area contributed by atoms with E-state index in [2.05, 4.69) is 4.98 Å². The number of aryl methyl sites for hydroxylation is 1. The molecule has 2 atom stereocenters. The van der Waals surface area contributed by atoms with Crippen molar-refractivity contribution in [1.82, 2.24) is 9.55 Å². The van der Waals surface area contributed by atoms with Gasteiger partial charge in [0.2, 0.25) is 0 Å². The first-order valence-corrected chi connectivity index (χ1v) is 12.2. The predicted molar refractivity (Wildman–Crippen MR) is 135 cm³/mol. The fraction of sp³-hybridized carbons (Fsp3) is 0.250. The molecule has 0 aliphatic carbocycles. The van der Waals surface area contributed by atoms with Gasteiger partial charge in [0.25, 0.3) is 0 Å². The Kier molecular flexibility index (Phi) is 5.74. The molecule has 0 radical (unpaired) electrons. The largest absolute Gasteiger partial charge is 0.493 e. The van der Waals surface area contributed by atoms with E-state index in [1.807, 2.05) is 35.8 Å². The maximum atomic E-state index is 13.9. The van der Waals surface area contributed by atoms with Gasteiger partial charge in [0.05, 0.1) is 35.8 Å². The smallest absolute Gasteiger partial charge is 0.471 e. The van der Waals surface area contributed by atoms with Crippen LogP contribution in [0.4, 0.5) is 18.9 Å². The van der Waals surface area contributed by atoms with E-state index in [4.69, 9.17) is 14.6 Å². The molecule has 1 aromatic heterocycles. The standard InChI is InChI=1S/C28H22F3N3O5/c1-15-32-20-6-2-3-7-21(20)33(15)22-8-4-5-19-23(14-39-26(19)22)34(27(37)28(29,30)31)17-9-10-18-16(11-25(35)36)13-38-24(18)12-17/h2-10,12,16,23H,11,13-14H2,1H3,(H,35,36)/t16-,23+/m1/s1. The van der Waals surface area contributed by atoms with Crippen LogP contribution in [0.5, 0.6) is 11.5 Å². The minimum absolute atomic E-state index is 0.0248. The van der Waals surface area contributed by atoms with Crippen molar-refractivity contribution in [2.24, 2.45) is 0 Å². The van der Waals surface area contributed by atoms with E-state index in [0.29, 0.717) is 33.3 Å². The number of hydrogen-bond donors (Lipinski definition) is 1. The highest BCUT2D eigenvalue weighted by atomic mass is 19.4. The number of hydrogen-bond acceptors (Lipinski definition) is 5. The highest BCUT2D eigenvalue weighted by Gasteiger charge is 2.48. The van der Waals surface area contributed by atoms with Crippen molar-refractivity contribution in [3.8, 4) is 17.2 Å². The number of anilines is 1. The fourth-order valence-corrected chi connectivity index (χ4v) is 5.42. The number of nitrogens with zero attached hydrogens (tertiary/aromatic N) is 3. The zero-order valence-electron chi connectivity index (χ0n) is 20.6. The summed E-state index contributed by atoms with van der Waals surface area (Å²) in [6.07, 6.45) is -5.32. The lowest BCUT2D eigenvalue weighted by molar-refractivity contribution is -0.171. The molecule has 3 aromatic carbocycles. The molecule has 2 aliphatic rings. The number of alkyl halides is 3. The number of fused-ring (bicyclic) bond motifs is 3. The molecular formula is C28H22F3N3O5. The van der Waals surface area contributed by atoms with Crippen LogP contribution in [0.15, 0.2) is 60.7 Å². The molecular weight excluding hydrogens is 515 g/mol. The van der Waals surface area contributed by atoms with E-state index in [-0.39, 0.29) is 31.1 Å². The number of rotatable bonds is 5. The number of para-hydroxylation sites is 3. The number of carbonyl (C=O) groups excluding carboxylic acids is 1. The van der Waals surface area contributed by atoms with Crippen molar-refractivity contribution >= 4 is 28.6 Å². The minimum Gasteiger partial charge on any atom is -0.493 e. The first-order chi connectivity index (χ1) is 18.6. The first kappa shape index (κ1) is 24.8. The maximum Gasteiger partial charge on any atom is 0.471 e. The third kappa shape index (κ3) is 4.14. The molecule has 1 amide bonds. The third-order valence-corrected chi connectivity index (χ3v) is 7.09. The lowest BCUT2D eigenvalue weighted by atomic mass is 9.97. The Morgan fingerprint density at radius 1 is 1.05 bits per heavy atom. The summed E-state index contributed by atoms with van der Waals surface area (Å²) in [4.78, 5) is 29.3. The van der Waals surface area contributed by atoms with Crippen LogP contribution in [-0.4, -0.2) is 45.9 Å². The highest BCUT2D eigenvalue weighted by molar-refractivity contribution is 5.98. The average Bonchev–Trinajstić information content (AvgIpc) is 3.58. The second-order valence-electron chi connectivity index (χ2n) is 9.51. The zero-order chi connectivity index (χ0) is 27.5. The van der Waals surface area contributed by atoms with E-state index >= 15 is 0 Å². The van der Waals surface area contributed by atoms with Crippen LogP contribution in [-0.2, 0) is 9.59 Å². The molecule has 8 nitrogen and oxygen atoms in total. The Bertz CT molecular complexity index is 1630. The summed E-state index contributed by atoms with van der Waals surface area (Å²) in [7, 11) is 0. The number of amides is 1. The molecule has 0 unspecified atom stereocenters. The van der Waals surface area contributed by atoms with E-state index in [1.54, 1.807) is 18.2 Å². The van der Waals surface area contributed by atoms with Crippen LogP contribution in [0.2, 0.25) is 0 Å². The van der Waals surface area contributed by atoms with Gasteiger partial charge in [-0.2, -0.15) is 13.2 Å². The summed E-state index contributed by atoms with van der Waals surface area (Å²) >= 11 is 0. The Balaban J connectivity index is 1.44. The molecule has 0 fully saturated rings. The number of carboxylic acid groups (broad SMARTS) is 1. The van der Waals surface area contributed by atoms with Gasteiger partial charge in [0.15, 0.2) is 0 Å². The van der Waals surface area contributed by atoms with Crippen molar-refractivity contribution in [3.05, 3.63) is 77.6 Å². The molecule has 39 heavy (non-hydrogen) atoms. The number of carbonyl (C=O) groups is 2. The van der Waals surface area contributed by atoms with Gasteiger partial charge in [-0.15, -0.1) is 0 Å². The monoisotopic (exact) mass is 537 g/mol. The Morgan fingerprint density at radius 3 is 2.62 bits per heavy atom. The van der Waals surface area contributed by atoms with Crippen molar-refractivity contribution in [2.45, 2.75) is 31.5 Å². The maximum absolute atomic E-state index is 13.9. The van der Waals surface area contributed by atoms with Crippen molar-refractivity contribution in [3.63, 3.8) is 0 Å². The third-order valence-electron chi connectivity index (χ3n) is 7.09. The molecule has 0 saturated carbocycles. The van der Waals surface area contributed by atoms with Gasteiger partial charge >= 0.3 is 18.1 Å². The Labute approximate surface area is 220 Å². The van der Waals surface area contributed by atoms with Gasteiger partial charge < -0.3 is 14.6 Å². The molecule has 0 bridgehead atoms. The van der Waals surface area contributed by atoms with Crippen LogP contribution >= 0.6 is 0 Å². The van der Waals surface area contributed by atoms with E-state index in [9.17, 15) is 22.8 Å². The van der Waals surface area contributed by atoms with Gasteiger partial charge in [-0.05, 0) is 31.2 Å². The molecule has 0 saturated heterocycles. The lowest BCUT2D eigenvalue weighted by Gasteiger charge is -2.29. The molecule has 11 heteroatoms. The summed E-state index contributed by atoms with van der Waals surface area (Å²) < 4.78 is 55.1. The molecule has 200 valence electrons. The predicted octanol–water partition coefficient (Wildman–Crippen LogP) is 5.31. The molecule has 1 N–H and O–H groups in total. The molecule has 3 heterocycles. The van der Waals surface area contributed by atoms with Gasteiger partial charge in [0, 0.05) is 28.8 Å². The number of imidazole rings is 1. The number of aromatic nitrogens is 2. The number of halogens is 3.